The van der Waals surface area contributed by atoms with Crippen LogP contribution >= 0.6 is 23.4 Å². The number of anilines is 2. The zero-order chi connectivity index (χ0) is 20.9. The van der Waals surface area contributed by atoms with Crippen LogP contribution in [0.15, 0.2) is 70.6 Å². The molecule has 0 spiro atoms. The number of nitrogens with one attached hydrogen (secondary N) is 2. The van der Waals surface area contributed by atoms with Crippen LogP contribution in [0.4, 0.5) is 11.6 Å². The van der Waals surface area contributed by atoms with Gasteiger partial charge in [-0.25, -0.2) is 23.1 Å². The number of nitrogens with zero attached hydrogens (tertiary/aromatic N) is 2. The topological polar surface area (TPSA) is 101 Å². The number of aromatic nitrogens is 2. The second-order valence-electron chi connectivity index (χ2n) is 5.94. The molecule has 0 saturated heterocycles. The van der Waals surface area contributed by atoms with Crippen LogP contribution in [0.3, 0.4) is 0 Å². The number of carbonyl (C=O) groups is 1. The first-order valence-electron chi connectivity index (χ1n) is 8.42. The Morgan fingerprint density at radius 2 is 1.76 bits per heavy atom. The maximum atomic E-state index is 12.4. The molecule has 0 aliphatic heterocycles. The molecular formula is C19H17ClN4O3S2. The molecule has 0 saturated carbocycles. The van der Waals surface area contributed by atoms with Crippen molar-refractivity contribution >= 4 is 50.9 Å². The minimum Gasteiger partial charge on any atom is -0.325 e. The fraction of sp³-hybridized carbons (Fsp3) is 0.105. The van der Waals surface area contributed by atoms with Gasteiger partial charge < -0.3 is 5.32 Å². The third-order valence-corrected chi connectivity index (χ3v) is 6.26. The van der Waals surface area contributed by atoms with Gasteiger partial charge in [0.1, 0.15) is 0 Å². The normalized spacial score (nSPS) is 11.1. The lowest BCUT2D eigenvalue weighted by Gasteiger charge is -2.09. The smallest absolute Gasteiger partial charge is 0.264 e. The Morgan fingerprint density at radius 1 is 1.07 bits per heavy atom. The maximum Gasteiger partial charge on any atom is 0.264 e. The minimum absolute atomic E-state index is 0.00148. The molecule has 0 radical (unpaired) electrons. The predicted molar refractivity (Wildman–Crippen MR) is 115 cm³/mol. The third kappa shape index (κ3) is 6.18. The number of rotatable bonds is 7. The highest BCUT2D eigenvalue weighted by Gasteiger charge is 2.16. The van der Waals surface area contributed by atoms with Crippen molar-refractivity contribution in [2.75, 3.05) is 15.8 Å². The van der Waals surface area contributed by atoms with Crippen LogP contribution in [-0.4, -0.2) is 30.0 Å². The average molecular weight is 449 g/mol. The molecule has 3 rings (SSSR count). The first kappa shape index (κ1) is 21.1. The van der Waals surface area contributed by atoms with E-state index in [4.69, 9.17) is 11.6 Å². The molecule has 7 nitrogen and oxygen atoms in total. The van der Waals surface area contributed by atoms with Crippen molar-refractivity contribution in [3.63, 3.8) is 0 Å². The van der Waals surface area contributed by atoms with E-state index in [0.717, 1.165) is 4.90 Å². The van der Waals surface area contributed by atoms with Crippen molar-refractivity contribution < 1.29 is 13.2 Å². The van der Waals surface area contributed by atoms with E-state index >= 15 is 0 Å². The van der Waals surface area contributed by atoms with E-state index < -0.39 is 10.0 Å². The summed E-state index contributed by atoms with van der Waals surface area (Å²) in [5.41, 5.74) is 1.14. The molecule has 29 heavy (non-hydrogen) atoms. The molecule has 3 aromatic rings. The number of carbonyl (C=O) groups excluding carboxylic acids is 1. The number of hydrogen-bond donors (Lipinski definition) is 2. The lowest BCUT2D eigenvalue weighted by atomic mass is 10.3. The molecule has 0 atom stereocenters. The van der Waals surface area contributed by atoms with Gasteiger partial charge in [-0.05, 0) is 61.5 Å². The van der Waals surface area contributed by atoms with Gasteiger partial charge in [0.2, 0.25) is 11.9 Å². The van der Waals surface area contributed by atoms with Crippen molar-refractivity contribution in [1.29, 1.82) is 0 Å². The van der Waals surface area contributed by atoms with E-state index in [1.54, 1.807) is 25.1 Å². The van der Waals surface area contributed by atoms with Crippen molar-refractivity contribution in [1.82, 2.24) is 9.97 Å². The summed E-state index contributed by atoms with van der Waals surface area (Å²) in [5, 5.41) is 3.37. The Kier molecular flexibility index (Phi) is 6.73. The molecule has 0 aliphatic rings. The standard InChI is InChI=1S/C19H17ClN4O3S2/c1-13-10-11-21-19(22-13)24-29(26,27)17-8-4-15(5-9-17)23-18(25)12-28-16-6-2-14(20)3-7-16/h2-11H,12H2,1H3,(H,23,25)(H,21,22,24). The molecule has 2 aromatic carbocycles. The predicted octanol–water partition coefficient (Wildman–Crippen LogP) is 3.97. The van der Waals surface area contributed by atoms with Crippen LogP contribution < -0.4 is 10.0 Å². The van der Waals surface area contributed by atoms with E-state index in [0.29, 0.717) is 16.4 Å². The maximum absolute atomic E-state index is 12.4. The summed E-state index contributed by atoms with van der Waals surface area (Å²) in [6, 6.07) is 14.7. The van der Waals surface area contributed by atoms with E-state index in [9.17, 15) is 13.2 Å². The van der Waals surface area contributed by atoms with Crippen LogP contribution in [0.25, 0.3) is 0 Å². The highest BCUT2D eigenvalue weighted by atomic mass is 35.5. The van der Waals surface area contributed by atoms with Gasteiger partial charge in [0, 0.05) is 27.5 Å². The molecule has 10 heteroatoms. The molecule has 1 heterocycles. The summed E-state index contributed by atoms with van der Waals surface area (Å²) in [4.78, 5) is 21.0. The van der Waals surface area contributed by atoms with Crippen molar-refractivity contribution in [2.45, 2.75) is 16.7 Å². The number of sulfonamides is 1. The van der Waals surface area contributed by atoms with Crippen LogP contribution in [-0.2, 0) is 14.8 Å². The molecule has 150 valence electrons. The molecular weight excluding hydrogens is 432 g/mol. The Balaban J connectivity index is 1.58. The van der Waals surface area contributed by atoms with E-state index in [1.807, 2.05) is 12.1 Å². The van der Waals surface area contributed by atoms with Crippen LogP contribution in [0.1, 0.15) is 5.69 Å². The summed E-state index contributed by atoms with van der Waals surface area (Å²) >= 11 is 7.21. The molecule has 1 aromatic heterocycles. The van der Waals surface area contributed by atoms with Gasteiger partial charge in [-0.3, -0.25) is 4.79 Å². The molecule has 0 fully saturated rings. The fourth-order valence-electron chi connectivity index (χ4n) is 2.27. The van der Waals surface area contributed by atoms with Gasteiger partial charge in [-0.15, -0.1) is 11.8 Å². The zero-order valence-corrected chi connectivity index (χ0v) is 17.7. The van der Waals surface area contributed by atoms with E-state index in [-0.39, 0.29) is 22.5 Å². The lowest BCUT2D eigenvalue weighted by molar-refractivity contribution is -0.113. The van der Waals surface area contributed by atoms with E-state index in [2.05, 4.69) is 20.0 Å². The SMILES string of the molecule is Cc1ccnc(NS(=O)(=O)c2ccc(NC(=O)CSc3ccc(Cl)cc3)cc2)n1. The average Bonchev–Trinajstić information content (AvgIpc) is 2.68. The van der Waals surface area contributed by atoms with Gasteiger partial charge >= 0.3 is 0 Å². The van der Waals surface area contributed by atoms with Gasteiger partial charge in [0.25, 0.3) is 10.0 Å². The van der Waals surface area contributed by atoms with Crippen molar-refractivity contribution in [3.8, 4) is 0 Å². The molecule has 0 aliphatic carbocycles. The third-order valence-electron chi connectivity index (χ3n) is 3.65. The summed E-state index contributed by atoms with van der Waals surface area (Å²) in [5.74, 6) is 0.0157. The quantitative estimate of drug-likeness (QED) is 0.530. The number of aryl methyl sites for hydroxylation is 1. The van der Waals surface area contributed by atoms with Crippen LogP contribution in [0.5, 0.6) is 0 Å². The highest BCUT2D eigenvalue weighted by molar-refractivity contribution is 8.00. The van der Waals surface area contributed by atoms with Gasteiger partial charge in [0.05, 0.1) is 10.6 Å². The second-order valence-corrected chi connectivity index (χ2v) is 9.11. The zero-order valence-electron chi connectivity index (χ0n) is 15.3. The van der Waals surface area contributed by atoms with Crippen molar-refractivity contribution in [2.24, 2.45) is 0 Å². The second kappa shape index (κ2) is 9.25. The monoisotopic (exact) mass is 448 g/mol. The van der Waals surface area contributed by atoms with Gasteiger partial charge in [0.15, 0.2) is 0 Å². The molecule has 0 bridgehead atoms. The Morgan fingerprint density at radius 3 is 2.41 bits per heavy atom. The fourth-order valence-corrected chi connectivity index (χ4v) is 4.05. The first-order chi connectivity index (χ1) is 13.8. The molecule has 2 N–H and O–H groups in total. The molecule has 0 unspecified atom stereocenters. The minimum atomic E-state index is -3.83. The van der Waals surface area contributed by atoms with Crippen LogP contribution in [0.2, 0.25) is 5.02 Å². The number of hydrogen-bond acceptors (Lipinski definition) is 6. The summed E-state index contributed by atoms with van der Waals surface area (Å²) in [6.07, 6.45) is 1.47. The summed E-state index contributed by atoms with van der Waals surface area (Å²) < 4.78 is 27.2. The van der Waals surface area contributed by atoms with Crippen LogP contribution in [0, 0.1) is 6.92 Å². The number of benzene rings is 2. The van der Waals surface area contributed by atoms with Gasteiger partial charge in [-0.2, -0.15) is 0 Å². The Hall–Kier alpha value is -2.62. The van der Waals surface area contributed by atoms with E-state index in [1.165, 1.54) is 42.2 Å². The lowest BCUT2D eigenvalue weighted by Crippen LogP contribution is -2.16. The first-order valence-corrected chi connectivity index (χ1v) is 11.3. The highest BCUT2D eigenvalue weighted by Crippen LogP contribution is 2.21. The largest absolute Gasteiger partial charge is 0.325 e. The molecule has 1 amide bonds. The summed E-state index contributed by atoms with van der Waals surface area (Å²) in [6.45, 7) is 1.74. The Labute approximate surface area is 178 Å². The van der Waals surface area contributed by atoms with Crippen molar-refractivity contribution in [3.05, 3.63) is 71.5 Å². The Bertz CT molecular complexity index is 1110. The summed E-state index contributed by atoms with van der Waals surface area (Å²) in [7, 11) is -3.83. The number of amides is 1. The number of halogens is 1. The number of thioether (sulfide) groups is 1. The van der Waals surface area contributed by atoms with Gasteiger partial charge in [-0.1, -0.05) is 11.6 Å².